The lowest BCUT2D eigenvalue weighted by molar-refractivity contribution is 0.464. The van der Waals surface area contributed by atoms with Crippen LogP contribution in [0.5, 0.6) is 0 Å². The molecule has 2 atom stereocenters. The van der Waals surface area contributed by atoms with Gasteiger partial charge in [0.2, 0.25) is 0 Å². The Labute approximate surface area is 129 Å². The Bertz CT molecular complexity index is 505. The van der Waals surface area contributed by atoms with Crippen LogP contribution in [0.2, 0.25) is 0 Å². The lowest BCUT2D eigenvalue weighted by Crippen LogP contribution is -2.16. The Hall–Kier alpha value is -1.80. The second-order valence-electron chi connectivity index (χ2n) is 6.18. The van der Waals surface area contributed by atoms with Crippen molar-refractivity contribution in [2.24, 2.45) is 11.8 Å². The van der Waals surface area contributed by atoms with Gasteiger partial charge in [0.1, 0.15) is 0 Å². The molecule has 112 valence electrons. The topological polar surface area (TPSA) is 47.6 Å². The van der Waals surface area contributed by atoms with Gasteiger partial charge in [-0.15, -0.1) is 0 Å². The van der Waals surface area contributed by atoms with E-state index >= 15 is 0 Å². The van der Waals surface area contributed by atoms with Gasteiger partial charge in [-0.25, -0.2) is 0 Å². The summed E-state index contributed by atoms with van der Waals surface area (Å²) in [5.41, 5.74) is 4.17. The van der Waals surface area contributed by atoms with Crippen LogP contribution in [0.4, 0.5) is 0 Å². The monoisotopic (exact) mass is 282 g/mol. The van der Waals surface area contributed by atoms with Gasteiger partial charge in [-0.2, -0.15) is 10.5 Å². The maximum absolute atomic E-state index is 9.12. The van der Waals surface area contributed by atoms with Gasteiger partial charge in [0, 0.05) is 0 Å². The molecule has 0 aromatic rings. The van der Waals surface area contributed by atoms with E-state index in [4.69, 9.17) is 10.5 Å². The predicted molar refractivity (Wildman–Crippen MR) is 87.2 cm³/mol. The first-order valence-corrected chi connectivity index (χ1v) is 7.83. The third kappa shape index (κ3) is 6.46. The highest BCUT2D eigenvalue weighted by Crippen LogP contribution is 2.31. The molecule has 0 fully saturated rings. The van der Waals surface area contributed by atoms with Crippen LogP contribution in [0, 0.1) is 34.5 Å². The summed E-state index contributed by atoms with van der Waals surface area (Å²) in [5.74, 6) is -0.224. The molecule has 0 amide bonds. The van der Waals surface area contributed by atoms with Crippen molar-refractivity contribution < 1.29 is 0 Å². The Morgan fingerprint density at radius 2 is 1.86 bits per heavy atom. The van der Waals surface area contributed by atoms with Crippen molar-refractivity contribution in [1.82, 2.24) is 0 Å². The Morgan fingerprint density at radius 3 is 2.48 bits per heavy atom. The van der Waals surface area contributed by atoms with E-state index in [9.17, 15) is 0 Å². The number of rotatable bonds is 6. The standard InChI is InChI=1S/C19H26N2/c1-15(2)6-4-7-16(3)8-5-9-17-10-11-18(13-20)19(12-17)14-21/h6,8,10,18-19H,4-5,7,9,11-12H2,1-3H3/t18-,19-/m1/s1. The van der Waals surface area contributed by atoms with Crippen molar-refractivity contribution in [3.8, 4) is 12.1 Å². The van der Waals surface area contributed by atoms with Crippen molar-refractivity contribution >= 4 is 0 Å². The highest BCUT2D eigenvalue weighted by molar-refractivity contribution is 5.17. The first kappa shape index (κ1) is 17.3. The van der Waals surface area contributed by atoms with Crippen molar-refractivity contribution in [2.45, 2.75) is 59.3 Å². The molecular weight excluding hydrogens is 256 g/mol. The Kier molecular flexibility index (Phi) is 7.55. The van der Waals surface area contributed by atoms with Crippen LogP contribution in [-0.2, 0) is 0 Å². The van der Waals surface area contributed by atoms with E-state index in [0.29, 0.717) is 0 Å². The molecule has 0 saturated carbocycles. The molecule has 0 bridgehead atoms. The van der Waals surface area contributed by atoms with Crippen LogP contribution >= 0.6 is 0 Å². The van der Waals surface area contributed by atoms with Crippen molar-refractivity contribution in [2.75, 3.05) is 0 Å². The molecule has 1 aliphatic carbocycles. The lowest BCUT2D eigenvalue weighted by Gasteiger charge is -2.21. The third-order valence-corrected chi connectivity index (χ3v) is 4.01. The molecular formula is C19H26N2. The summed E-state index contributed by atoms with van der Waals surface area (Å²) in [7, 11) is 0. The van der Waals surface area contributed by atoms with Gasteiger partial charge >= 0.3 is 0 Å². The zero-order valence-corrected chi connectivity index (χ0v) is 13.5. The Balaban J connectivity index is 2.39. The van der Waals surface area contributed by atoms with E-state index in [1.807, 2.05) is 0 Å². The van der Waals surface area contributed by atoms with Gasteiger partial charge in [-0.3, -0.25) is 0 Å². The molecule has 1 rings (SSSR count). The maximum atomic E-state index is 9.12. The van der Waals surface area contributed by atoms with E-state index in [1.54, 1.807) is 0 Å². The molecule has 2 nitrogen and oxygen atoms in total. The van der Waals surface area contributed by atoms with E-state index in [-0.39, 0.29) is 11.8 Å². The summed E-state index contributed by atoms with van der Waals surface area (Å²) < 4.78 is 0. The molecule has 2 heteroatoms. The molecule has 0 N–H and O–H groups in total. The minimum Gasteiger partial charge on any atom is -0.198 e. The highest BCUT2D eigenvalue weighted by atomic mass is 14.4. The van der Waals surface area contributed by atoms with Crippen LogP contribution < -0.4 is 0 Å². The Morgan fingerprint density at radius 1 is 1.14 bits per heavy atom. The van der Waals surface area contributed by atoms with E-state index in [2.05, 4.69) is 51.1 Å². The third-order valence-electron chi connectivity index (χ3n) is 4.01. The summed E-state index contributed by atoms with van der Waals surface area (Å²) in [5, 5.41) is 18.1. The second kappa shape index (κ2) is 9.19. The fourth-order valence-corrected chi connectivity index (χ4v) is 2.64. The first-order valence-electron chi connectivity index (χ1n) is 7.83. The van der Waals surface area contributed by atoms with Gasteiger partial charge in [-0.1, -0.05) is 34.9 Å². The molecule has 21 heavy (non-hydrogen) atoms. The predicted octanol–water partition coefficient (Wildman–Crippen LogP) is 5.46. The van der Waals surface area contributed by atoms with E-state index < -0.39 is 0 Å². The molecule has 1 aliphatic rings. The average molecular weight is 282 g/mol. The first-order chi connectivity index (χ1) is 10.1. The van der Waals surface area contributed by atoms with Gasteiger partial charge < -0.3 is 0 Å². The molecule has 0 radical (unpaired) electrons. The number of hydrogen-bond acceptors (Lipinski definition) is 2. The van der Waals surface area contributed by atoms with Crippen LogP contribution in [-0.4, -0.2) is 0 Å². The van der Waals surface area contributed by atoms with Crippen molar-refractivity contribution in [3.05, 3.63) is 34.9 Å². The molecule has 0 aliphatic heterocycles. The van der Waals surface area contributed by atoms with Gasteiger partial charge in [-0.05, 0) is 59.3 Å². The molecule has 0 unspecified atom stereocenters. The number of allylic oxidation sites excluding steroid dienone is 6. The molecule has 0 aromatic heterocycles. The van der Waals surface area contributed by atoms with Crippen molar-refractivity contribution in [1.29, 1.82) is 10.5 Å². The van der Waals surface area contributed by atoms with Crippen LogP contribution in [0.15, 0.2) is 34.9 Å². The summed E-state index contributed by atoms with van der Waals surface area (Å²) >= 11 is 0. The fourth-order valence-electron chi connectivity index (χ4n) is 2.64. The molecule has 0 spiro atoms. The minimum atomic E-state index is -0.113. The van der Waals surface area contributed by atoms with E-state index in [1.165, 1.54) is 16.7 Å². The van der Waals surface area contributed by atoms with Crippen LogP contribution in [0.3, 0.4) is 0 Å². The van der Waals surface area contributed by atoms with E-state index in [0.717, 1.165) is 38.5 Å². The normalized spacial score (nSPS) is 22.0. The average Bonchev–Trinajstić information content (AvgIpc) is 2.46. The quantitative estimate of drug-likeness (QED) is 0.607. The smallest absolute Gasteiger partial charge is 0.0673 e. The number of nitriles is 2. The zero-order valence-electron chi connectivity index (χ0n) is 13.5. The number of hydrogen-bond donors (Lipinski definition) is 0. The van der Waals surface area contributed by atoms with Gasteiger partial charge in [0.15, 0.2) is 0 Å². The summed E-state index contributed by atoms with van der Waals surface area (Å²) in [6.45, 7) is 6.46. The fraction of sp³-hybridized carbons (Fsp3) is 0.579. The van der Waals surface area contributed by atoms with Crippen LogP contribution in [0.1, 0.15) is 59.3 Å². The maximum Gasteiger partial charge on any atom is 0.0673 e. The summed E-state index contributed by atoms with van der Waals surface area (Å²) in [4.78, 5) is 0. The molecule has 0 saturated heterocycles. The molecule has 0 heterocycles. The largest absolute Gasteiger partial charge is 0.198 e. The summed E-state index contributed by atoms with van der Waals surface area (Å²) in [6.07, 6.45) is 12.6. The second-order valence-corrected chi connectivity index (χ2v) is 6.18. The highest BCUT2D eigenvalue weighted by Gasteiger charge is 2.25. The minimum absolute atomic E-state index is 0.111. The van der Waals surface area contributed by atoms with Crippen LogP contribution in [0.25, 0.3) is 0 Å². The van der Waals surface area contributed by atoms with Crippen molar-refractivity contribution in [3.63, 3.8) is 0 Å². The summed E-state index contributed by atoms with van der Waals surface area (Å²) in [6, 6.07) is 4.53. The van der Waals surface area contributed by atoms with Gasteiger partial charge in [0.25, 0.3) is 0 Å². The SMILES string of the molecule is CC(C)=CCCC(C)=CCCC1=CC[C@H](C#N)[C@@H](C#N)C1. The lowest BCUT2D eigenvalue weighted by atomic mass is 9.80. The number of nitrogens with zero attached hydrogens (tertiary/aromatic N) is 2. The zero-order chi connectivity index (χ0) is 15.7. The van der Waals surface area contributed by atoms with Gasteiger partial charge in [0.05, 0.1) is 24.0 Å². The molecule has 0 aromatic carbocycles.